The van der Waals surface area contributed by atoms with Crippen molar-refractivity contribution in [2.75, 3.05) is 0 Å². The third-order valence-corrected chi connectivity index (χ3v) is 2.77. The first kappa shape index (κ1) is 11.0. The van der Waals surface area contributed by atoms with Crippen molar-refractivity contribution in [1.29, 1.82) is 0 Å². The summed E-state index contributed by atoms with van der Waals surface area (Å²) in [7, 11) is 0. The van der Waals surface area contributed by atoms with Crippen molar-refractivity contribution in [2.45, 2.75) is 30.5 Å². The van der Waals surface area contributed by atoms with Crippen LogP contribution in [0.25, 0.3) is 0 Å². The molecule has 1 aromatic rings. The summed E-state index contributed by atoms with van der Waals surface area (Å²) < 4.78 is 0. The van der Waals surface area contributed by atoms with E-state index in [1.54, 1.807) is 17.8 Å². The molecule has 0 heterocycles. The maximum absolute atomic E-state index is 10.0. The fourth-order valence-corrected chi connectivity index (χ4v) is 2.07. The first-order valence-corrected chi connectivity index (χ1v) is 5.40. The molecule has 0 aliphatic heterocycles. The fourth-order valence-electron chi connectivity index (χ4n) is 1.12. The van der Waals surface area contributed by atoms with Crippen LogP contribution in [0.4, 0.5) is 0 Å². The molecule has 0 aliphatic rings. The number of thioether (sulfide) groups is 1. The number of carbonyl (C=O) groups excluding carboxylic acids is 1. The van der Waals surface area contributed by atoms with E-state index in [0.717, 1.165) is 5.56 Å². The molecule has 2 nitrogen and oxygen atoms in total. The summed E-state index contributed by atoms with van der Waals surface area (Å²) in [6.45, 7) is 4.72. The molecule has 0 spiro atoms. The van der Waals surface area contributed by atoms with Gasteiger partial charge in [-0.3, -0.25) is 0 Å². The van der Waals surface area contributed by atoms with Gasteiger partial charge in [0.1, 0.15) is 0 Å². The van der Waals surface area contributed by atoms with Gasteiger partial charge in [-0.2, -0.15) is 0 Å². The number of hydrogen-bond acceptors (Lipinski definition) is 3. The summed E-state index contributed by atoms with van der Waals surface area (Å²) in [5, 5.41) is 0.538. The molecule has 0 radical (unpaired) electrons. The first-order chi connectivity index (χ1) is 6.74. The van der Waals surface area contributed by atoms with Gasteiger partial charge < -0.3 is 0 Å². The number of aliphatic imine (C=N–C) groups is 1. The second-order valence-corrected chi connectivity index (χ2v) is 4.80. The molecule has 0 fully saturated rings. The average Bonchev–Trinajstić information content (AvgIpc) is 2.16. The minimum Gasteiger partial charge on any atom is -0.211 e. The zero-order valence-corrected chi connectivity index (χ0v) is 9.17. The van der Waals surface area contributed by atoms with Gasteiger partial charge in [-0.25, -0.2) is 9.79 Å². The molecule has 0 N–H and O–H groups in total. The Hall–Kier alpha value is -1.05. The number of hydrogen-bond donors (Lipinski definition) is 0. The molecule has 74 valence electrons. The van der Waals surface area contributed by atoms with Crippen LogP contribution in [0.2, 0.25) is 0 Å². The molecular weight excluding hydrogens is 194 g/mol. The van der Waals surface area contributed by atoms with Crippen LogP contribution >= 0.6 is 11.8 Å². The van der Waals surface area contributed by atoms with E-state index in [2.05, 4.69) is 24.9 Å². The lowest BCUT2D eigenvalue weighted by Gasteiger charge is -2.08. The highest BCUT2D eigenvalue weighted by Crippen LogP contribution is 2.26. The van der Waals surface area contributed by atoms with E-state index in [0.29, 0.717) is 11.8 Å². The maximum Gasteiger partial charge on any atom is 0.235 e. The molecule has 0 unspecified atom stereocenters. The van der Waals surface area contributed by atoms with Gasteiger partial charge in [-0.05, 0) is 11.6 Å². The minimum absolute atomic E-state index is 0.430. The Morgan fingerprint density at radius 3 is 2.79 bits per heavy atom. The van der Waals surface area contributed by atoms with Gasteiger partial charge in [0.25, 0.3) is 0 Å². The van der Waals surface area contributed by atoms with Gasteiger partial charge in [0.15, 0.2) is 0 Å². The van der Waals surface area contributed by atoms with Crippen LogP contribution in [-0.2, 0) is 11.3 Å². The third kappa shape index (κ3) is 3.36. The second kappa shape index (κ2) is 5.63. The lowest BCUT2D eigenvalue weighted by Crippen LogP contribution is -1.91. The zero-order chi connectivity index (χ0) is 10.4. The fraction of sp³-hybridized carbons (Fsp3) is 0.364. The molecule has 14 heavy (non-hydrogen) atoms. The summed E-state index contributed by atoms with van der Waals surface area (Å²) in [4.78, 5) is 14.8. The topological polar surface area (TPSA) is 29.4 Å². The van der Waals surface area contributed by atoms with Crippen LogP contribution < -0.4 is 0 Å². The van der Waals surface area contributed by atoms with E-state index in [1.165, 1.54) is 4.90 Å². The SMILES string of the molecule is CC(C)Sc1ccccc1CN=C=O. The Labute approximate surface area is 88.4 Å². The molecule has 0 aliphatic carbocycles. The normalized spacial score (nSPS) is 9.93. The average molecular weight is 207 g/mol. The van der Waals surface area contributed by atoms with E-state index in [9.17, 15) is 4.79 Å². The molecule has 0 saturated carbocycles. The van der Waals surface area contributed by atoms with E-state index in [-0.39, 0.29) is 0 Å². The van der Waals surface area contributed by atoms with Gasteiger partial charge in [-0.1, -0.05) is 32.0 Å². The summed E-state index contributed by atoms with van der Waals surface area (Å²) in [5.74, 6) is 0. The Bertz CT molecular complexity index is 343. The lowest BCUT2D eigenvalue weighted by atomic mass is 10.2. The van der Waals surface area contributed by atoms with Crippen LogP contribution in [0.1, 0.15) is 19.4 Å². The number of isocyanates is 1. The predicted octanol–water partition coefficient (Wildman–Crippen LogP) is 3.02. The van der Waals surface area contributed by atoms with Crippen LogP contribution in [0, 0.1) is 0 Å². The van der Waals surface area contributed by atoms with Crippen molar-refractivity contribution in [2.24, 2.45) is 4.99 Å². The highest BCUT2D eigenvalue weighted by Gasteiger charge is 2.03. The Kier molecular flexibility index (Phi) is 4.44. The van der Waals surface area contributed by atoms with Crippen molar-refractivity contribution >= 4 is 17.8 Å². The van der Waals surface area contributed by atoms with E-state index < -0.39 is 0 Å². The van der Waals surface area contributed by atoms with Gasteiger partial charge in [-0.15, -0.1) is 11.8 Å². The molecule has 3 heteroatoms. The lowest BCUT2D eigenvalue weighted by molar-refractivity contribution is 0.562. The molecule has 0 bridgehead atoms. The summed E-state index contributed by atoms with van der Waals surface area (Å²) in [6, 6.07) is 8.00. The molecule has 1 rings (SSSR count). The second-order valence-electron chi connectivity index (χ2n) is 3.18. The number of benzene rings is 1. The summed E-state index contributed by atoms with van der Waals surface area (Å²) >= 11 is 1.79. The number of nitrogens with zero attached hydrogens (tertiary/aromatic N) is 1. The first-order valence-electron chi connectivity index (χ1n) is 4.52. The monoisotopic (exact) mass is 207 g/mol. The van der Waals surface area contributed by atoms with Crippen molar-refractivity contribution < 1.29 is 4.79 Å². The molecule has 1 aromatic carbocycles. The maximum atomic E-state index is 10.0. The highest BCUT2D eigenvalue weighted by atomic mass is 32.2. The predicted molar refractivity (Wildman–Crippen MR) is 59.3 cm³/mol. The smallest absolute Gasteiger partial charge is 0.211 e. The minimum atomic E-state index is 0.430. The van der Waals surface area contributed by atoms with Crippen LogP contribution in [0.15, 0.2) is 34.2 Å². The van der Waals surface area contributed by atoms with E-state index >= 15 is 0 Å². The Balaban J connectivity index is 2.84. The molecule has 0 saturated heterocycles. The summed E-state index contributed by atoms with van der Waals surface area (Å²) in [6.07, 6.45) is 1.56. The van der Waals surface area contributed by atoms with Crippen molar-refractivity contribution in [3.63, 3.8) is 0 Å². The molecule has 0 aromatic heterocycles. The third-order valence-electron chi connectivity index (χ3n) is 1.65. The van der Waals surface area contributed by atoms with Gasteiger partial charge in [0.05, 0.1) is 6.54 Å². The van der Waals surface area contributed by atoms with Gasteiger partial charge in [0, 0.05) is 10.1 Å². The van der Waals surface area contributed by atoms with Crippen LogP contribution in [0.3, 0.4) is 0 Å². The Morgan fingerprint density at radius 2 is 2.14 bits per heavy atom. The zero-order valence-electron chi connectivity index (χ0n) is 8.36. The molecule has 0 atom stereocenters. The standard InChI is InChI=1S/C11H13NOS/c1-9(2)14-11-6-4-3-5-10(11)7-12-8-13/h3-6,9H,7H2,1-2H3. The summed E-state index contributed by atoms with van der Waals surface area (Å²) in [5.41, 5.74) is 1.09. The van der Waals surface area contributed by atoms with Gasteiger partial charge in [0.2, 0.25) is 6.08 Å². The Morgan fingerprint density at radius 1 is 1.43 bits per heavy atom. The van der Waals surface area contributed by atoms with Gasteiger partial charge >= 0.3 is 0 Å². The highest BCUT2D eigenvalue weighted by molar-refractivity contribution is 8.00. The number of rotatable bonds is 4. The largest absolute Gasteiger partial charge is 0.235 e. The van der Waals surface area contributed by atoms with E-state index in [4.69, 9.17) is 0 Å². The van der Waals surface area contributed by atoms with Crippen LogP contribution in [0.5, 0.6) is 0 Å². The van der Waals surface area contributed by atoms with Crippen molar-refractivity contribution in [3.8, 4) is 0 Å². The van der Waals surface area contributed by atoms with Crippen molar-refractivity contribution in [1.82, 2.24) is 0 Å². The van der Waals surface area contributed by atoms with Crippen LogP contribution in [-0.4, -0.2) is 11.3 Å². The quantitative estimate of drug-likeness (QED) is 0.431. The molecular formula is C11H13NOS. The van der Waals surface area contributed by atoms with E-state index in [1.807, 2.05) is 18.2 Å². The van der Waals surface area contributed by atoms with Crippen molar-refractivity contribution in [3.05, 3.63) is 29.8 Å². The molecule has 0 amide bonds.